The Morgan fingerprint density at radius 1 is 1.03 bits per heavy atom. The van der Waals surface area contributed by atoms with Crippen molar-refractivity contribution < 1.29 is 50.9 Å². The lowest BCUT2D eigenvalue weighted by molar-refractivity contribution is -0.193. The number of piperidine rings is 1. The molecule has 10 nitrogen and oxygen atoms in total. The minimum atomic E-state index is -5.08. The summed E-state index contributed by atoms with van der Waals surface area (Å²) in [6.07, 6.45) is -0.995. The number of rotatable bonds is 5. The number of carbonyl (C=O) groups is 2. The molecule has 0 bridgehead atoms. The molecule has 2 N–H and O–H groups in total. The molecule has 4 rings (SSSR count). The summed E-state index contributed by atoms with van der Waals surface area (Å²) in [4.78, 5) is 36.1. The number of methoxy groups -OCH3 is 1. The van der Waals surface area contributed by atoms with Crippen LogP contribution in [0.5, 0.6) is 0 Å². The molecule has 39 heavy (non-hydrogen) atoms. The van der Waals surface area contributed by atoms with Gasteiger partial charge in [-0.25, -0.2) is 24.5 Å². The van der Waals surface area contributed by atoms with Crippen LogP contribution in [0.25, 0.3) is 0 Å². The highest BCUT2D eigenvalue weighted by atomic mass is 32.1. The molecule has 2 saturated heterocycles. The maximum absolute atomic E-state index is 10.6. The van der Waals surface area contributed by atoms with Crippen molar-refractivity contribution in [2.24, 2.45) is 5.41 Å². The molecule has 1 atom stereocenters. The molecule has 218 valence electrons. The fourth-order valence-electron chi connectivity index (χ4n) is 4.25. The molecule has 2 fully saturated rings. The maximum Gasteiger partial charge on any atom is 0.490 e. The van der Waals surface area contributed by atoms with Crippen LogP contribution < -0.4 is 4.90 Å². The van der Waals surface area contributed by atoms with Crippen molar-refractivity contribution in [2.45, 2.75) is 44.2 Å². The highest BCUT2D eigenvalue weighted by Gasteiger charge is 2.46. The smallest absolute Gasteiger partial charge is 0.475 e. The highest BCUT2D eigenvalue weighted by molar-refractivity contribution is 7.09. The van der Waals surface area contributed by atoms with Crippen molar-refractivity contribution in [3.63, 3.8) is 0 Å². The molecule has 1 unspecified atom stereocenters. The van der Waals surface area contributed by atoms with Gasteiger partial charge >= 0.3 is 24.3 Å². The predicted octanol–water partition coefficient (Wildman–Crippen LogP) is 3.71. The Balaban J connectivity index is 0.000000317. The fourth-order valence-corrected chi connectivity index (χ4v) is 4.91. The van der Waals surface area contributed by atoms with Crippen LogP contribution in [0.1, 0.15) is 24.3 Å². The van der Waals surface area contributed by atoms with Gasteiger partial charge in [0, 0.05) is 37.6 Å². The Morgan fingerprint density at radius 3 is 2.00 bits per heavy atom. The number of carboxylic acid groups (broad SMARTS) is 2. The third kappa shape index (κ3) is 10.2. The van der Waals surface area contributed by atoms with E-state index in [0.717, 1.165) is 38.7 Å². The van der Waals surface area contributed by atoms with Crippen LogP contribution in [0.4, 0.5) is 32.3 Å². The zero-order chi connectivity index (χ0) is 29.3. The third-order valence-corrected chi connectivity index (χ3v) is 6.79. The Morgan fingerprint density at radius 2 is 1.56 bits per heavy atom. The van der Waals surface area contributed by atoms with Crippen LogP contribution >= 0.6 is 11.3 Å². The van der Waals surface area contributed by atoms with Gasteiger partial charge in [-0.1, -0.05) is 0 Å². The van der Waals surface area contributed by atoms with E-state index in [9.17, 15) is 26.3 Å². The van der Waals surface area contributed by atoms with Gasteiger partial charge in [0.15, 0.2) is 0 Å². The monoisotopic (exact) mass is 587 g/mol. The van der Waals surface area contributed by atoms with E-state index in [-0.39, 0.29) is 0 Å². The first-order valence-corrected chi connectivity index (χ1v) is 12.3. The van der Waals surface area contributed by atoms with Crippen LogP contribution in [0, 0.1) is 5.41 Å². The van der Waals surface area contributed by atoms with Crippen molar-refractivity contribution in [1.29, 1.82) is 0 Å². The number of nitrogens with zero attached hydrogens (tertiary/aromatic N) is 5. The van der Waals surface area contributed by atoms with E-state index in [0.29, 0.717) is 11.5 Å². The molecule has 0 saturated carbocycles. The van der Waals surface area contributed by atoms with E-state index in [1.54, 1.807) is 18.4 Å². The summed E-state index contributed by atoms with van der Waals surface area (Å²) in [5.74, 6) is -4.67. The minimum absolute atomic E-state index is 0.363. The topological polar surface area (TPSA) is 129 Å². The number of alkyl halides is 6. The molecule has 2 aromatic rings. The molecule has 2 aliphatic rings. The zero-order valence-electron chi connectivity index (χ0n) is 20.7. The minimum Gasteiger partial charge on any atom is -0.475 e. The largest absolute Gasteiger partial charge is 0.490 e. The summed E-state index contributed by atoms with van der Waals surface area (Å²) < 4.78 is 69.0. The molecule has 4 heterocycles. The summed E-state index contributed by atoms with van der Waals surface area (Å²) in [5, 5.41) is 17.5. The van der Waals surface area contributed by atoms with Crippen LogP contribution in [0.3, 0.4) is 0 Å². The summed E-state index contributed by atoms with van der Waals surface area (Å²) >= 11 is 1.75. The summed E-state index contributed by atoms with van der Waals surface area (Å²) in [6, 6.07) is 2.25. The molecule has 0 aromatic carbocycles. The summed E-state index contributed by atoms with van der Waals surface area (Å²) in [7, 11) is 1.78. The van der Waals surface area contributed by atoms with Gasteiger partial charge in [0.05, 0.1) is 19.2 Å². The van der Waals surface area contributed by atoms with Gasteiger partial charge < -0.3 is 19.8 Å². The second kappa shape index (κ2) is 13.8. The molecule has 0 aliphatic carbocycles. The normalized spacial score (nSPS) is 19.1. The molecule has 0 radical (unpaired) electrons. The Hall–Kier alpha value is -3.05. The van der Waals surface area contributed by atoms with Gasteiger partial charge in [-0.2, -0.15) is 26.3 Å². The molecular weight excluding hydrogens is 560 g/mol. The number of anilines is 1. The predicted molar refractivity (Wildman–Crippen MR) is 126 cm³/mol. The molecule has 2 aliphatic heterocycles. The van der Waals surface area contributed by atoms with Crippen LogP contribution in [-0.2, 0) is 20.9 Å². The van der Waals surface area contributed by atoms with Crippen LogP contribution in [0.2, 0.25) is 0 Å². The van der Waals surface area contributed by atoms with Crippen molar-refractivity contribution in [3.05, 3.63) is 35.0 Å². The third-order valence-electron chi connectivity index (χ3n) is 6.03. The van der Waals surface area contributed by atoms with Gasteiger partial charge in [0.1, 0.15) is 5.01 Å². The number of carboxylic acids is 2. The summed E-state index contributed by atoms with van der Waals surface area (Å²) in [5.41, 5.74) is 0.363. The quantitative estimate of drug-likeness (QED) is 0.500. The number of aromatic nitrogens is 3. The molecule has 1 spiro atoms. The number of thiazole rings is 1. The Labute approximate surface area is 223 Å². The number of likely N-dealkylation sites (tertiary alicyclic amines) is 1. The summed E-state index contributed by atoms with van der Waals surface area (Å²) in [6.45, 7) is 5.05. The van der Waals surface area contributed by atoms with Gasteiger partial charge in [-0.3, -0.25) is 4.90 Å². The first-order valence-electron chi connectivity index (χ1n) is 11.4. The average Bonchev–Trinajstić information content (AvgIpc) is 3.49. The van der Waals surface area contributed by atoms with Gasteiger partial charge in [0.25, 0.3) is 0 Å². The van der Waals surface area contributed by atoms with Crippen molar-refractivity contribution in [2.75, 3.05) is 38.3 Å². The highest BCUT2D eigenvalue weighted by Crippen LogP contribution is 2.44. The second-order valence-corrected chi connectivity index (χ2v) is 9.78. The van der Waals surface area contributed by atoms with E-state index in [1.165, 1.54) is 24.3 Å². The first kappa shape index (κ1) is 32.2. The molecular formula is C22H27F6N5O5S. The number of aliphatic carboxylic acids is 2. The number of halogens is 6. The van der Waals surface area contributed by atoms with E-state index in [4.69, 9.17) is 24.5 Å². The van der Waals surface area contributed by atoms with Crippen molar-refractivity contribution >= 4 is 29.2 Å². The van der Waals surface area contributed by atoms with Crippen molar-refractivity contribution in [1.82, 2.24) is 19.9 Å². The lowest BCUT2D eigenvalue weighted by atomic mass is 9.76. The Bertz CT molecular complexity index is 1010. The van der Waals surface area contributed by atoms with E-state index < -0.39 is 24.3 Å². The molecule has 2 aromatic heterocycles. The SMILES string of the molecule is COCC1CC2(CCN(Cc3nccs3)CC2)CN1c1ncccn1.O=C(O)C(F)(F)F.O=C(O)C(F)(F)F. The van der Waals surface area contributed by atoms with Gasteiger partial charge in [-0.15, -0.1) is 11.3 Å². The lowest BCUT2D eigenvalue weighted by Crippen LogP contribution is -2.41. The Kier molecular flexibility index (Phi) is 11.4. The fraction of sp³-hybridized carbons (Fsp3) is 0.591. The van der Waals surface area contributed by atoms with Gasteiger partial charge in [-0.05, 0) is 43.8 Å². The standard InChI is InChI=1S/C18H25N5OS.2C2HF3O2/c1-24-13-15-11-18(14-23(15)17-20-5-2-6-21-17)3-8-22(9-4-18)12-16-19-7-10-25-16;2*3-2(4,5)1(6)7/h2,5-7,10,15H,3-4,8-9,11-14H2,1H3;2*(H,6,7). The number of ether oxygens (including phenoxy) is 1. The van der Waals surface area contributed by atoms with Gasteiger partial charge in [0.2, 0.25) is 5.95 Å². The van der Waals surface area contributed by atoms with E-state index in [1.807, 2.05) is 24.7 Å². The maximum atomic E-state index is 10.6. The van der Waals surface area contributed by atoms with Crippen LogP contribution in [-0.4, -0.2) is 93.7 Å². The van der Waals surface area contributed by atoms with E-state index >= 15 is 0 Å². The zero-order valence-corrected chi connectivity index (χ0v) is 21.5. The molecule has 17 heteroatoms. The van der Waals surface area contributed by atoms with Crippen molar-refractivity contribution in [3.8, 4) is 0 Å². The molecule has 0 amide bonds. The lowest BCUT2D eigenvalue weighted by Gasteiger charge is -2.39. The first-order chi connectivity index (χ1) is 18.2. The van der Waals surface area contributed by atoms with Crippen LogP contribution in [0.15, 0.2) is 30.0 Å². The average molecular weight is 588 g/mol. The van der Waals surface area contributed by atoms with E-state index in [2.05, 4.69) is 30.1 Å². The second-order valence-electron chi connectivity index (χ2n) is 8.80. The number of hydrogen-bond donors (Lipinski definition) is 2. The number of hydrogen-bond acceptors (Lipinski definition) is 9.